The molecule has 0 fully saturated rings. The van der Waals surface area contributed by atoms with E-state index >= 15 is 0 Å². The Morgan fingerprint density at radius 1 is 1.20 bits per heavy atom. The zero-order valence-corrected chi connectivity index (χ0v) is 15.1. The van der Waals surface area contributed by atoms with Gasteiger partial charge in [0.2, 0.25) is 0 Å². The quantitative estimate of drug-likeness (QED) is 0.658. The van der Waals surface area contributed by atoms with Gasteiger partial charge in [-0.1, -0.05) is 17.7 Å². The van der Waals surface area contributed by atoms with Gasteiger partial charge in [0.15, 0.2) is 0 Å². The summed E-state index contributed by atoms with van der Waals surface area (Å²) in [6, 6.07) is 13.3. The van der Waals surface area contributed by atoms with Crippen molar-refractivity contribution in [1.82, 2.24) is 9.47 Å². The number of rotatable bonds is 2. The molecule has 1 aliphatic heterocycles. The van der Waals surface area contributed by atoms with Gasteiger partial charge in [-0.2, -0.15) is 11.3 Å². The molecular formula is C19H18ClN3OS. The average Bonchev–Trinajstić information content (AvgIpc) is 3.24. The highest BCUT2D eigenvalue weighted by molar-refractivity contribution is 7.08. The van der Waals surface area contributed by atoms with Crippen LogP contribution in [0.4, 0.5) is 10.5 Å². The summed E-state index contributed by atoms with van der Waals surface area (Å²) in [5.74, 6) is 0. The average molecular weight is 372 g/mol. The summed E-state index contributed by atoms with van der Waals surface area (Å²) in [7, 11) is 0. The first-order chi connectivity index (χ1) is 12.2. The Labute approximate surface area is 155 Å². The van der Waals surface area contributed by atoms with E-state index < -0.39 is 0 Å². The maximum Gasteiger partial charge on any atom is 0.322 e. The van der Waals surface area contributed by atoms with E-state index in [1.54, 1.807) is 23.5 Å². The number of anilines is 1. The number of hydrogen-bond donors (Lipinski definition) is 1. The highest BCUT2D eigenvalue weighted by atomic mass is 35.5. The first-order valence-corrected chi connectivity index (χ1v) is 9.55. The van der Waals surface area contributed by atoms with E-state index in [1.165, 1.54) is 0 Å². The number of nitrogens with zero attached hydrogens (tertiary/aromatic N) is 2. The molecule has 0 radical (unpaired) electrons. The van der Waals surface area contributed by atoms with Gasteiger partial charge in [-0.15, -0.1) is 0 Å². The molecule has 3 aromatic rings. The Kier molecular flexibility index (Phi) is 4.51. The molecule has 0 saturated carbocycles. The lowest BCUT2D eigenvalue weighted by atomic mass is 10.1. The highest BCUT2D eigenvalue weighted by Crippen LogP contribution is 2.33. The number of aromatic nitrogens is 1. The van der Waals surface area contributed by atoms with Gasteiger partial charge in [0.05, 0.1) is 6.04 Å². The topological polar surface area (TPSA) is 37.3 Å². The van der Waals surface area contributed by atoms with Crippen LogP contribution in [0.15, 0.2) is 59.4 Å². The van der Waals surface area contributed by atoms with Crippen molar-refractivity contribution in [2.75, 3.05) is 11.9 Å². The zero-order valence-electron chi connectivity index (χ0n) is 13.6. The van der Waals surface area contributed by atoms with Crippen molar-refractivity contribution in [2.45, 2.75) is 19.0 Å². The Bertz CT molecular complexity index is 874. The van der Waals surface area contributed by atoms with Gasteiger partial charge in [-0.05, 0) is 59.1 Å². The fourth-order valence-electron chi connectivity index (χ4n) is 3.34. The second-order valence-corrected chi connectivity index (χ2v) is 7.29. The minimum atomic E-state index is -0.104. The summed E-state index contributed by atoms with van der Waals surface area (Å²) >= 11 is 7.69. The minimum Gasteiger partial charge on any atom is -0.349 e. The summed E-state index contributed by atoms with van der Waals surface area (Å²) in [5, 5.41) is 7.77. The van der Waals surface area contributed by atoms with Crippen LogP contribution in [0.5, 0.6) is 0 Å². The lowest BCUT2D eigenvalue weighted by Gasteiger charge is -2.30. The third kappa shape index (κ3) is 3.30. The number of nitrogens with one attached hydrogen (secondary N) is 1. The molecule has 0 aliphatic carbocycles. The molecule has 0 spiro atoms. The van der Waals surface area contributed by atoms with Gasteiger partial charge < -0.3 is 14.8 Å². The number of carbonyl (C=O) groups excluding carboxylic acids is 1. The summed E-state index contributed by atoms with van der Waals surface area (Å²) in [6.07, 6.45) is 3.01. The van der Waals surface area contributed by atoms with Crippen LogP contribution in [0.3, 0.4) is 0 Å². The molecule has 0 saturated heterocycles. The number of carbonyl (C=O) groups is 1. The first kappa shape index (κ1) is 16.2. The number of halogens is 1. The van der Waals surface area contributed by atoms with E-state index in [1.807, 2.05) is 23.1 Å². The van der Waals surface area contributed by atoms with Crippen molar-refractivity contribution in [3.05, 3.63) is 75.7 Å². The fraction of sp³-hybridized carbons (Fsp3) is 0.211. The lowest BCUT2D eigenvalue weighted by Crippen LogP contribution is -2.38. The van der Waals surface area contributed by atoms with Crippen molar-refractivity contribution in [3.8, 4) is 0 Å². The Morgan fingerprint density at radius 3 is 2.92 bits per heavy atom. The van der Waals surface area contributed by atoms with E-state index in [2.05, 4.69) is 39.0 Å². The second kappa shape index (κ2) is 6.94. The second-order valence-electron chi connectivity index (χ2n) is 6.07. The number of urea groups is 1. The van der Waals surface area contributed by atoms with E-state index in [-0.39, 0.29) is 12.1 Å². The Hall–Kier alpha value is -2.24. The maximum absolute atomic E-state index is 13.0. The van der Waals surface area contributed by atoms with Crippen molar-refractivity contribution >= 4 is 34.7 Å². The summed E-state index contributed by atoms with van der Waals surface area (Å²) in [5.41, 5.74) is 3.01. The van der Waals surface area contributed by atoms with Crippen LogP contribution < -0.4 is 5.32 Å². The minimum absolute atomic E-state index is 0.0806. The SMILES string of the molecule is O=C(Nc1cccc(Cl)c1)N1CCCn2cccc2C1c1ccsc1. The molecule has 4 rings (SSSR count). The predicted octanol–water partition coefficient (Wildman–Crippen LogP) is 5.23. The molecule has 1 aliphatic rings. The standard InChI is InChI=1S/C19H18ClN3OS/c20-15-4-1-5-16(12-15)21-19(24)23-10-3-9-22-8-2-6-17(22)18(23)14-7-11-25-13-14/h1-2,4-8,11-13,18H,3,9-10H2,(H,21,24). The molecule has 25 heavy (non-hydrogen) atoms. The zero-order chi connectivity index (χ0) is 17.2. The Morgan fingerprint density at radius 2 is 2.12 bits per heavy atom. The predicted molar refractivity (Wildman–Crippen MR) is 102 cm³/mol. The molecule has 128 valence electrons. The molecule has 1 atom stereocenters. The first-order valence-electron chi connectivity index (χ1n) is 8.23. The van der Waals surface area contributed by atoms with E-state index in [0.717, 1.165) is 24.2 Å². The molecule has 1 unspecified atom stereocenters. The lowest BCUT2D eigenvalue weighted by molar-refractivity contribution is 0.199. The van der Waals surface area contributed by atoms with E-state index in [4.69, 9.17) is 11.6 Å². The third-order valence-corrected chi connectivity index (χ3v) is 5.39. The summed E-state index contributed by atoms with van der Waals surface area (Å²) in [6.45, 7) is 1.62. The maximum atomic E-state index is 13.0. The molecule has 1 N–H and O–H groups in total. The fourth-order valence-corrected chi connectivity index (χ4v) is 4.21. The van der Waals surface area contributed by atoms with Crippen molar-refractivity contribution < 1.29 is 4.79 Å². The van der Waals surface area contributed by atoms with Crippen LogP contribution in [-0.4, -0.2) is 22.0 Å². The van der Waals surface area contributed by atoms with Gasteiger partial charge in [0.1, 0.15) is 0 Å². The Balaban J connectivity index is 1.67. The molecular weight excluding hydrogens is 354 g/mol. The molecule has 2 amide bonds. The molecule has 3 heterocycles. The summed E-state index contributed by atoms with van der Waals surface area (Å²) < 4.78 is 2.25. The van der Waals surface area contributed by atoms with Crippen molar-refractivity contribution in [2.24, 2.45) is 0 Å². The molecule has 1 aromatic carbocycles. The van der Waals surface area contributed by atoms with Crippen LogP contribution >= 0.6 is 22.9 Å². The normalized spacial score (nSPS) is 17.0. The number of benzene rings is 1. The number of thiophene rings is 1. The van der Waals surface area contributed by atoms with Gasteiger partial charge in [-0.3, -0.25) is 0 Å². The largest absolute Gasteiger partial charge is 0.349 e. The molecule has 2 aromatic heterocycles. The van der Waals surface area contributed by atoms with Gasteiger partial charge in [0.25, 0.3) is 0 Å². The third-order valence-electron chi connectivity index (χ3n) is 4.45. The van der Waals surface area contributed by atoms with Crippen LogP contribution in [0.25, 0.3) is 0 Å². The molecule has 4 nitrogen and oxygen atoms in total. The number of amides is 2. The molecule has 0 bridgehead atoms. The monoisotopic (exact) mass is 371 g/mol. The van der Waals surface area contributed by atoms with Crippen LogP contribution in [0.1, 0.15) is 23.7 Å². The smallest absolute Gasteiger partial charge is 0.322 e. The van der Waals surface area contributed by atoms with Crippen molar-refractivity contribution in [1.29, 1.82) is 0 Å². The van der Waals surface area contributed by atoms with Crippen LogP contribution in [0.2, 0.25) is 5.02 Å². The number of hydrogen-bond acceptors (Lipinski definition) is 2. The summed E-state index contributed by atoms with van der Waals surface area (Å²) in [4.78, 5) is 15.0. The van der Waals surface area contributed by atoms with Crippen molar-refractivity contribution in [3.63, 3.8) is 0 Å². The van der Waals surface area contributed by atoms with E-state index in [9.17, 15) is 4.79 Å². The van der Waals surface area contributed by atoms with E-state index in [0.29, 0.717) is 17.3 Å². The van der Waals surface area contributed by atoms with Gasteiger partial charge >= 0.3 is 6.03 Å². The molecule has 6 heteroatoms. The number of fused-ring (bicyclic) bond motifs is 1. The van der Waals surface area contributed by atoms with Crippen LogP contribution in [-0.2, 0) is 6.54 Å². The highest BCUT2D eigenvalue weighted by Gasteiger charge is 2.31. The number of aryl methyl sites for hydroxylation is 1. The van der Waals surface area contributed by atoms with Gasteiger partial charge in [0, 0.05) is 35.7 Å². The van der Waals surface area contributed by atoms with Crippen LogP contribution in [0, 0.1) is 0 Å². The van der Waals surface area contributed by atoms with Gasteiger partial charge in [-0.25, -0.2) is 4.79 Å².